The van der Waals surface area contributed by atoms with Crippen LogP contribution in [0.5, 0.6) is 0 Å². The second kappa shape index (κ2) is 4.47. The zero-order valence-electron chi connectivity index (χ0n) is 9.31. The van der Waals surface area contributed by atoms with Crippen molar-refractivity contribution >= 4 is 11.7 Å². The van der Waals surface area contributed by atoms with Crippen LogP contribution in [0.25, 0.3) is 0 Å². The van der Waals surface area contributed by atoms with Gasteiger partial charge in [-0.1, -0.05) is 6.42 Å². The predicted octanol–water partition coefficient (Wildman–Crippen LogP) is 1.18. The summed E-state index contributed by atoms with van der Waals surface area (Å²) in [5, 5.41) is 11.0. The van der Waals surface area contributed by atoms with Gasteiger partial charge in [-0.2, -0.15) is 0 Å². The number of nitrogens with one attached hydrogen (secondary N) is 1. The number of hydrogen-bond donors (Lipinski definition) is 2. The highest BCUT2D eigenvalue weighted by Gasteiger charge is 2.23. The number of aromatic nitrogens is 2. The lowest BCUT2D eigenvalue weighted by Gasteiger charge is -2.32. The first-order chi connectivity index (χ1) is 7.66. The Bertz CT molecular complexity index is 372. The molecule has 0 aromatic carbocycles. The summed E-state index contributed by atoms with van der Waals surface area (Å²) in [6, 6.07) is 3.73. The van der Waals surface area contributed by atoms with Gasteiger partial charge in [0.15, 0.2) is 5.69 Å². The van der Waals surface area contributed by atoms with Crippen LogP contribution in [0.3, 0.4) is 0 Å². The number of nitrogens with zero attached hydrogens (tertiary/aromatic N) is 2. The van der Waals surface area contributed by atoms with Crippen molar-refractivity contribution in [2.45, 2.75) is 32.2 Å². The summed E-state index contributed by atoms with van der Waals surface area (Å²) in [6.45, 7) is 2.15. The molecule has 0 saturated heterocycles. The van der Waals surface area contributed by atoms with Crippen LogP contribution in [0.1, 0.15) is 36.7 Å². The fourth-order valence-corrected chi connectivity index (χ4v) is 1.83. The average molecular weight is 220 g/mol. The Morgan fingerprint density at radius 2 is 2.25 bits per heavy atom. The van der Waals surface area contributed by atoms with Gasteiger partial charge in [-0.15, -0.1) is 10.2 Å². The van der Waals surface area contributed by atoms with Crippen molar-refractivity contribution in [2.75, 3.05) is 5.32 Å². The van der Waals surface area contributed by atoms with Gasteiger partial charge >= 0.3 is 0 Å². The third-order valence-electron chi connectivity index (χ3n) is 3.15. The van der Waals surface area contributed by atoms with Crippen LogP contribution in [0, 0.1) is 5.92 Å². The first-order valence-corrected chi connectivity index (χ1v) is 5.57. The summed E-state index contributed by atoms with van der Waals surface area (Å²) in [5.74, 6) is 0.883. The van der Waals surface area contributed by atoms with Crippen LogP contribution in [-0.4, -0.2) is 22.1 Å². The van der Waals surface area contributed by atoms with Crippen LogP contribution < -0.4 is 11.1 Å². The Labute approximate surface area is 94.4 Å². The largest absolute Gasteiger partial charge is 0.366 e. The molecule has 0 spiro atoms. The van der Waals surface area contributed by atoms with Crippen LogP contribution in [0.4, 0.5) is 5.82 Å². The Morgan fingerprint density at radius 3 is 2.69 bits per heavy atom. The molecule has 1 heterocycles. The van der Waals surface area contributed by atoms with Gasteiger partial charge < -0.3 is 11.1 Å². The molecule has 2 rings (SSSR count). The van der Waals surface area contributed by atoms with Crippen molar-refractivity contribution in [3.05, 3.63) is 17.8 Å². The molecule has 16 heavy (non-hydrogen) atoms. The monoisotopic (exact) mass is 220 g/mol. The summed E-state index contributed by atoms with van der Waals surface area (Å²) < 4.78 is 0. The van der Waals surface area contributed by atoms with E-state index in [0.717, 1.165) is 5.92 Å². The first-order valence-electron chi connectivity index (χ1n) is 5.57. The van der Waals surface area contributed by atoms with Gasteiger partial charge in [0.25, 0.3) is 5.91 Å². The predicted molar refractivity (Wildman–Crippen MR) is 61.0 cm³/mol. The molecule has 1 aromatic rings. The minimum Gasteiger partial charge on any atom is -0.366 e. The van der Waals surface area contributed by atoms with Crippen molar-refractivity contribution in [3.8, 4) is 0 Å². The molecule has 1 unspecified atom stereocenters. The van der Waals surface area contributed by atoms with E-state index in [2.05, 4.69) is 22.4 Å². The van der Waals surface area contributed by atoms with Crippen molar-refractivity contribution in [1.82, 2.24) is 10.2 Å². The summed E-state index contributed by atoms with van der Waals surface area (Å²) in [6.07, 6.45) is 3.88. The maximum absolute atomic E-state index is 10.8. The Balaban J connectivity index is 1.96. The van der Waals surface area contributed by atoms with Crippen molar-refractivity contribution < 1.29 is 4.79 Å². The molecule has 5 nitrogen and oxygen atoms in total. The molecule has 0 bridgehead atoms. The van der Waals surface area contributed by atoms with Gasteiger partial charge in [0, 0.05) is 6.04 Å². The van der Waals surface area contributed by atoms with Crippen LogP contribution in [0.15, 0.2) is 12.1 Å². The topological polar surface area (TPSA) is 80.9 Å². The molecule has 1 atom stereocenters. The minimum absolute atomic E-state index is 0.196. The molecule has 1 aliphatic rings. The van der Waals surface area contributed by atoms with E-state index in [1.807, 2.05) is 0 Å². The fourth-order valence-electron chi connectivity index (χ4n) is 1.83. The molecule has 0 aliphatic heterocycles. The maximum atomic E-state index is 10.8. The summed E-state index contributed by atoms with van der Waals surface area (Å²) in [4.78, 5) is 10.8. The van der Waals surface area contributed by atoms with Gasteiger partial charge in [-0.25, -0.2) is 0 Å². The van der Waals surface area contributed by atoms with E-state index in [-0.39, 0.29) is 5.69 Å². The number of anilines is 1. The Kier molecular flexibility index (Phi) is 3.03. The number of amides is 1. The van der Waals surface area contributed by atoms with E-state index >= 15 is 0 Å². The lowest BCUT2D eigenvalue weighted by Crippen LogP contribution is -2.31. The quantitative estimate of drug-likeness (QED) is 0.798. The smallest absolute Gasteiger partial charge is 0.269 e. The van der Waals surface area contributed by atoms with Crippen LogP contribution >= 0.6 is 0 Å². The normalized spacial score (nSPS) is 17.6. The highest BCUT2D eigenvalue weighted by Crippen LogP contribution is 2.30. The lowest BCUT2D eigenvalue weighted by atomic mass is 9.80. The molecular formula is C11H16N4O. The highest BCUT2D eigenvalue weighted by atomic mass is 16.1. The molecule has 86 valence electrons. The molecular weight excluding hydrogens is 204 g/mol. The number of carbonyl (C=O) groups excluding carboxylic acids is 1. The van der Waals surface area contributed by atoms with E-state index in [1.54, 1.807) is 12.1 Å². The molecule has 1 amide bonds. The number of rotatable bonds is 4. The second-order valence-electron chi connectivity index (χ2n) is 4.29. The number of primary amides is 1. The Hall–Kier alpha value is -1.65. The number of hydrogen-bond acceptors (Lipinski definition) is 4. The van der Waals surface area contributed by atoms with E-state index in [1.165, 1.54) is 19.3 Å². The second-order valence-corrected chi connectivity index (χ2v) is 4.29. The summed E-state index contributed by atoms with van der Waals surface area (Å²) in [5.41, 5.74) is 5.28. The van der Waals surface area contributed by atoms with Gasteiger partial charge in [-0.05, 0) is 37.8 Å². The Morgan fingerprint density at radius 1 is 1.50 bits per heavy atom. The third kappa shape index (κ3) is 2.29. The zero-order valence-corrected chi connectivity index (χ0v) is 9.31. The third-order valence-corrected chi connectivity index (χ3v) is 3.15. The molecule has 0 radical (unpaired) electrons. The van der Waals surface area contributed by atoms with Crippen LogP contribution in [-0.2, 0) is 0 Å². The van der Waals surface area contributed by atoms with E-state index in [0.29, 0.717) is 11.9 Å². The first kappa shape index (κ1) is 10.9. The zero-order chi connectivity index (χ0) is 11.5. The van der Waals surface area contributed by atoms with E-state index in [9.17, 15) is 4.79 Å². The van der Waals surface area contributed by atoms with Crippen molar-refractivity contribution in [2.24, 2.45) is 11.7 Å². The lowest BCUT2D eigenvalue weighted by molar-refractivity contribution is 0.0994. The number of nitrogens with two attached hydrogens (primary N) is 1. The minimum atomic E-state index is -0.550. The molecule has 1 fully saturated rings. The van der Waals surface area contributed by atoms with Gasteiger partial charge in [0.05, 0.1) is 0 Å². The standard InChI is InChI=1S/C11H16N4O/c1-7(8-3-2-4-8)13-10-6-5-9(11(12)16)14-15-10/h5-8H,2-4H2,1H3,(H2,12,16)(H,13,15). The average Bonchev–Trinajstić information content (AvgIpc) is 2.15. The summed E-state index contributed by atoms with van der Waals surface area (Å²) >= 11 is 0. The van der Waals surface area contributed by atoms with Gasteiger partial charge in [0.2, 0.25) is 0 Å². The molecule has 5 heteroatoms. The highest BCUT2D eigenvalue weighted by molar-refractivity contribution is 5.90. The van der Waals surface area contributed by atoms with Crippen molar-refractivity contribution in [3.63, 3.8) is 0 Å². The maximum Gasteiger partial charge on any atom is 0.269 e. The fraction of sp³-hybridized carbons (Fsp3) is 0.545. The van der Waals surface area contributed by atoms with Crippen LogP contribution in [0.2, 0.25) is 0 Å². The SMILES string of the molecule is CC(Nc1ccc(C(N)=O)nn1)C1CCC1. The summed E-state index contributed by atoms with van der Waals surface area (Å²) in [7, 11) is 0. The van der Waals surface area contributed by atoms with Gasteiger partial charge in [0.1, 0.15) is 5.82 Å². The molecule has 1 aliphatic carbocycles. The number of carbonyl (C=O) groups is 1. The van der Waals surface area contributed by atoms with E-state index < -0.39 is 5.91 Å². The molecule has 1 saturated carbocycles. The van der Waals surface area contributed by atoms with Crippen molar-refractivity contribution in [1.29, 1.82) is 0 Å². The molecule has 3 N–H and O–H groups in total. The van der Waals surface area contributed by atoms with Gasteiger partial charge in [-0.3, -0.25) is 4.79 Å². The van der Waals surface area contributed by atoms with E-state index in [4.69, 9.17) is 5.73 Å². The molecule has 1 aromatic heterocycles.